The highest BCUT2D eigenvalue weighted by molar-refractivity contribution is 6.49. The van der Waals surface area contributed by atoms with Crippen LogP contribution in [0.2, 0.25) is 0 Å². The zero-order valence-corrected chi connectivity index (χ0v) is 7.71. The first-order valence-corrected chi connectivity index (χ1v) is 4.34. The second-order valence-corrected chi connectivity index (χ2v) is 4.47. The fourth-order valence-electron chi connectivity index (χ4n) is 1.49. The lowest BCUT2D eigenvalue weighted by Gasteiger charge is -2.34. The van der Waals surface area contributed by atoms with E-state index in [9.17, 15) is 0 Å². The molecule has 0 saturated heterocycles. The molecule has 2 heteroatoms. The Balaban J connectivity index is 2.57. The molecular formula is C9H8Cl2. The molecule has 1 aromatic rings. The number of hydrogen-bond donors (Lipinski definition) is 0. The maximum absolute atomic E-state index is 5.97. The van der Waals surface area contributed by atoms with Crippen LogP contribution in [0.4, 0.5) is 0 Å². The van der Waals surface area contributed by atoms with Crippen LogP contribution in [0.1, 0.15) is 16.7 Å². The summed E-state index contributed by atoms with van der Waals surface area (Å²) in [5, 5.41) is 0. The van der Waals surface area contributed by atoms with Gasteiger partial charge >= 0.3 is 0 Å². The average molecular weight is 187 g/mol. The summed E-state index contributed by atoms with van der Waals surface area (Å²) in [5.41, 5.74) is 3.69. The monoisotopic (exact) mass is 186 g/mol. The third-order valence-electron chi connectivity index (χ3n) is 2.20. The minimum atomic E-state index is -0.610. The van der Waals surface area contributed by atoms with Crippen molar-refractivity contribution in [2.75, 3.05) is 0 Å². The van der Waals surface area contributed by atoms with Crippen LogP contribution in [0, 0.1) is 6.92 Å². The maximum atomic E-state index is 5.97. The van der Waals surface area contributed by atoms with Crippen LogP contribution in [0.5, 0.6) is 0 Å². The summed E-state index contributed by atoms with van der Waals surface area (Å²) < 4.78 is -0.610. The van der Waals surface area contributed by atoms with Gasteiger partial charge in [-0.2, -0.15) is 0 Å². The highest BCUT2D eigenvalue weighted by Gasteiger charge is 2.39. The van der Waals surface area contributed by atoms with Gasteiger partial charge < -0.3 is 0 Å². The molecule has 0 amide bonds. The molecule has 0 aliphatic heterocycles. The molecular weight excluding hydrogens is 179 g/mol. The highest BCUT2D eigenvalue weighted by atomic mass is 35.5. The van der Waals surface area contributed by atoms with E-state index in [-0.39, 0.29) is 0 Å². The van der Waals surface area contributed by atoms with Gasteiger partial charge in [-0.3, -0.25) is 0 Å². The van der Waals surface area contributed by atoms with E-state index in [1.54, 1.807) is 0 Å². The van der Waals surface area contributed by atoms with Crippen molar-refractivity contribution < 1.29 is 0 Å². The molecule has 0 heterocycles. The zero-order valence-electron chi connectivity index (χ0n) is 6.20. The molecule has 1 aromatic carbocycles. The van der Waals surface area contributed by atoms with Crippen molar-refractivity contribution in [1.29, 1.82) is 0 Å². The van der Waals surface area contributed by atoms with Crippen LogP contribution >= 0.6 is 23.2 Å². The molecule has 2 rings (SSSR count). The van der Waals surface area contributed by atoms with Gasteiger partial charge in [0, 0.05) is 6.42 Å². The predicted molar refractivity (Wildman–Crippen MR) is 48.3 cm³/mol. The predicted octanol–water partition coefficient (Wildman–Crippen LogP) is 3.18. The Morgan fingerprint density at radius 3 is 2.64 bits per heavy atom. The molecule has 1 aliphatic rings. The maximum Gasteiger partial charge on any atom is 0.147 e. The van der Waals surface area contributed by atoms with Gasteiger partial charge in [-0.1, -0.05) is 41.4 Å². The number of hydrogen-bond acceptors (Lipinski definition) is 0. The Hall–Kier alpha value is -0.200. The molecule has 0 unspecified atom stereocenters. The summed E-state index contributed by atoms with van der Waals surface area (Å²) in [6, 6.07) is 6.07. The fourth-order valence-corrected chi connectivity index (χ4v) is 2.11. The van der Waals surface area contributed by atoms with Crippen molar-refractivity contribution in [2.45, 2.75) is 17.7 Å². The van der Waals surface area contributed by atoms with Gasteiger partial charge in [-0.05, 0) is 23.6 Å². The molecule has 0 radical (unpaired) electrons. The van der Waals surface area contributed by atoms with E-state index in [0.717, 1.165) is 12.0 Å². The van der Waals surface area contributed by atoms with Crippen LogP contribution < -0.4 is 0 Å². The smallest absolute Gasteiger partial charge is 0.0959 e. The van der Waals surface area contributed by atoms with Gasteiger partial charge in [0.2, 0.25) is 0 Å². The Morgan fingerprint density at radius 2 is 2.09 bits per heavy atom. The number of aryl methyl sites for hydroxylation is 1. The van der Waals surface area contributed by atoms with E-state index in [0.29, 0.717) is 0 Å². The van der Waals surface area contributed by atoms with Crippen LogP contribution in [0.3, 0.4) is 0 Å². The van der Waals surface area contributed by atoms with Crippen molar-refractivity contribution >= 4 is 23.2 Å². The molecule has 0 aromatic heterocycles. The van der Waals surface area contributed by atoms with E-state index >= 15 is 0 Å². The Labute approximate surface area is 76.1 Å². The molecule has 0 bridgehead atoms. The molecule has 0 fully saturated rings. The lowest BCUT2D eigenvalue weighted by Crippen LogP contribution is -2.28. The van der Waals surface area contributed by atoms with Crippen LogP contribution in [0.25, 0.3) is 0 Å². The Bertz CT molecular complexity index is 302. The Kier molecular flexibility index (Phi) is 1.45. The van der Waals surface area contributed by atoms with E-state index in [2.05, 4.69) is 13.0 Å². The number of benzene rings is 1. The molecule has 0 nitrogen and oxygen atoms in total. The van der Waals surface area contributed by atoms with Gasteiger partial charge in [0.15, 0.2) is 0 Å². The number of rotatable bonds is 0. The SMILES string of the molecule is Cc1cccc2c1CC2(Cl)Cl. The van der Waals surface area contributed by atoms with E-state index in [4.69, 9.17) is 23.2 Å². The average Bonchev–Trinajstić information content (AvgIpc) is 1.92. The second kappa shape index (κ2) is 2.15. The number of halogens is 2. The summed E-state index contributed by atoms with van der Waals surface area (Å²) >= 11 is 11.9. The minimum absolute atomic E-state index is 0.610. The molecule has 0 saturated carbocycles. The van der Waals surface area contributed by atoms with Gasteiger partial charge in [-0.25, -0.2) is 0 Å². The first-order chi connectivity index (χ1) is 5.11. The first-order valence-electron chi connectivity index (χ1n) is 3.58. The molecule has 11 heavy (non-hydrogen) atoms. The summed E-state index contributed by atoms with van der Waals surface area (Å²) in [4.78, 5) is 0. The standard InChI is InChI=1S/C9H8Cl2/c1-6-3-2-4-8-7(6)5-9(8,10)11/h2-4H,5H2,1H3. The second-order valence-electron chi connectivity index (χ2n) is 2.98. The third-order valence-corrected chi connectivity index (χ3v) is 2.88. The van der Waals surface area contributed by atoms with Crippen LogP contribution in [-0.4, -0.2) is 0 Å². The van der Waals surface area contributed by atoms with E-state index < -0.39 is 4.33 Å². The van der Waals surface area contributed by atoms with E-state index in [1.165, 1.54) is 11.1 Å². The third kappa shape index (κ3) is 0.969. The molecule has 0 atom stereocenters. The van der Waals surface area contributed by atoms with Crippen molar-refractivity contribution in [3.8, 4) is 0 Å². The Morgan fingerprint density at radius 1 is 1.36 bits per heavy atom. The quantitative estimate of drug-likeness (QED) is 0.547. The van der Waals surface area contributed by atoms with Gasteiger partial charge in [0.1, 0.15) is 4.33 Å². The molecule has 58 valence electrons. The fraction of sp³-hybridized carbons (Fsp3) is 0.333. The first kappa shape index (κ1) is 7.45. The molecule has 1 aliphatic carbocycles. The van der Waals surface area contributed by atoms with Gasteiger partial charge in [-0.15, -0.1) is 0 Å². The van der Waals surface area contributed by atoms with Crippen molar-refractivity contribution in [2.24, 2.45) is 0 Å². The van der Waals surface area contributed by atoms with Gasteiger partial charge in [0.05, 0.1) is 0 Å². The number of alkyl halides is 2. The van der Waals surface area contributed by atoms with Gasteiger partial charge in [0.25, 0.3) is 0 Å². The van der Waals surface area contributed by atoms with Crippen molar-refractivity contribution in [3.63, 3.8) is 0 Å². The normalized spacial score (nSPS) is 18.8. The highest BCUT2D eigenvalue weighted by Crippen LogP contribution is 2.48. The van der Waals surface area contributed by atoms with E-state index in [1.807, 2.05) is 12.1 Å². The van der Waals surface area contributed by atoms with Crippen molar-refractivity contribution in [1.82, 2.24) is 0 Å². The zero-order chi connectivity index (χ0) is 8.06. The number of fused-ring (bicyclic) bond motifs is 1. The summed E-state index contributed by atoms with van der Waals surface area (Å²) in [5.74, 6) is 0. The summed E-state index contributed by atoms with van der Waals surface area (Å²) in [6.07, 6.45) is 0.790. The topological polar surface area (TPSA) is 0 Å². The molecule has 0 spiro atoms. The largest absolute Gasteiger partial charge is 0.147 e. The molecule has 0 N–H and O–H groups in total. The lowest BCUT2D eigenvalue weighted by atomic mass is 9.84. The minimum Gasteiger partial charge on any atom is -0.0959 e. The van der Waals surface area contributed by atoms with Crippen LogP contribution in [-0.2, 0) is 10.8 Å². The summed E-state index contributed by atoms with van der Waals surface area (Å²) in [7, 11) is 0. The summed E-state index contributed by atoms with van der Waals surface area (Å²) in [6.45, 7) is 2.09. The van der Waals surface area contributed by atoms with Crippen molar-refractivity contribution in [3.05, 3.63) is 34.9 Å². The lowest BCUT2D eigenvalue weighted by molar-refractivity contribution is 0.721. The van der Waals surface area contributed by atoms with Crippen LogP contribution in [0.15, 0.2) is 18.2 Å².